The summed E-state index contributed by atoms with van der Waals surface area (Å²) >= 11 is 0. The number of carboxylic acid groups (broad SMARTS) is 1. The Hall–Kier alpha value is -4.11. The normalized spacial score (nSPS) is 13.5. The van der Waals surface area contributed by atoms with Gasteiger partial charge in [-0.1, -0.05) is 61.7 Å². The van der Waals surface area contributed by atoms with Crippen molar-refractivity contribution in [1.29, 1.82) is 0 Å². The molecule has 9 nitrogen and oxygen atoms in total. The molecule has 1 aliphatic carbocycles. The van der Waals surface area contributed by atoms with E-state index >= 15 is 0 Å². The number of likely N-dealkylation sites (N-methyl/N-ethyl adjacent to an activating group) is 1. The van der Waals surface area contributed by atoms with Crippen molar-refractivity contribution in [2.75, 3.05) is 25.9 Å². The number of amides is 1. The summed E-state index contributed by atoms with van der Waals surface area (Å²) in [4.78, 5) is 20.3. The van der Waals surface area contributed by atoms with Gasteiger partial charge in [0.15, 0.2) is 0 Å². The molecule has 1 aliphatic rings. The maximum absolute atomic E-state index is 9.90. The Morgan fingerprint density at radius 3 is 2.58 bits per heavy atom. The van der Waals surface area contributed by atoms with E-state index in [0.29, 0.717) is 18.3 Å². The monoisotopic (exact) mass is 517 g/mol. The number of aliphatic hydroxyl groups is 1. The van der Waals surface area contributed by atoms with Gasteiger partial charge in [0.2, 0.25) is 0 Å². The van der Waals surface area contributed by atoms with E-state index in [1.807, 2.05) is 42.6 Å². The Bertz CT molecular complexity index is 1340. The van der Waals surface area contributed by atoms with Crippen LogP contribution in [0.25, 0.3) is 16.8 Å². The number of hydrogen-bond acceptors (Lipinski definition) is 6. The van der Waals surface area contributed by atoms with Crippen LogP contribution < -0.4 is 10.5 Å². The smallest absolute Gasteiger partial charge is 0.407 e. The van der Waals surface area contributed by atoms with E-state index in [1.54, 1.807) is 6.20 Å². The second kappa shape index (κ2) is 12.9. The van der Waals surface area contributed by atoms with Gasteiger partial charge in [-0.25, -0.2) is 14.8 Å². The number of nitrogens with two attached hydrogens (primary N) is 1. The van der Waals surface area contributed by atoms with Gasteiger partial charge in [-0.2, -0.15) is 0 Å². The molecule has 0 spiro atoms. The van der Waals surface area contributed by atoms with E-state index in [4.69, 9.17) is 25.7 Å². The largest absolute Gasteiger partial charge is 0.489 e. The van der Waals surface area contributed by atoms with E-state index in [1.165, 1.54) is 39.2 Å². The number of anilines is 1. The molecule has 1 amide bonds. The van der Waals surface area contributed by atoms with Crippen LogP contribution in [0.15, 0.2) is 67.0 Å². The van der Waals surface area contributed by atoms with Crippen LogP contribution in [0.5, 0.6) is 5.75 Å². The lowest BCUT2D eigenvalue weighted by Gasteiger charge is -2.20. The number of imidazole rings is 1. The first kappa shape index (κ1) is 26.9. The number of hydrogen-bond donors (Lipinski definition) is 3. The van der Waals surface area contributed by atoms with Gasteiger partial charge in [0, 0.05) is 37.5 Å². The molecule has 0 saturated heterocycles. The van der Waals surface area contributed by atoms with Crippen LogP contribution in [-0.4, -0.2) is 55.8 Å². The lowest BCUT2D eigenvalue weighted by Crippen LogP contribution is -2.27. The molecule has 9 heteroatoms. The highest BCUT2D eigenvalue weighted by Gasteiger charge is 2.24. The maximum atomic E-state index is 9.90. The van der Waals surface area contributed by atoms with Crippen molar-refractivity contribution in [3.05, 3.63) is 78.4 Å². The maximum Gasteiger partial charge on any atom is 0.407 e. The molecule has 0 bridgehead atoms. The summed E-state index contributed by atoms with van der Waals surface area (Å²) in [6, 6.07) is 18.3. The van der Waals surface area contributed by atoms with Gasteiger partial charge in [-0.3, -0.25) is 4.40 Å². The van der Waals surface area contributed by atoms with E-state index in [-0.39, 0.29) is 13.2 Å². The molecule has 4 N–H and O–H groups in total. The number of aromatic nitrogens is 3. The SMILES string of the molecule is CN(CCO)C(=O)O.Nc1nccn2c(C3CCCCC3)nc(-c3cccc(OCc4ccccc4)c3)c12. The van der Waals surface area contributed by atoms with Crippen molar-refractivity contribution in [2.24, 2.45) is 0 Å². The van der Waals surface area contributed by atoms with Crippen LogP contribution in [0.2, 0.25) is 0 Å². The molecule has 200 valence electrons. The molecular weight excluding hydrogens is 482 g/mol. The molecule has 2 aromatic heterocycles. The minimum absolute atomic E-state index is 0.122. The molecule has 0 aliphatic heterocycles. The highest BCUT2D eigenvalue weighted by atomic mass is 16.5. The van der Waals surface area contributed by atoms with Gasteiger partial charge in [0.25, 0.3) is 0 Å². The Labute approximate surface area is 222 Å². The molecule has 0 radical (unpaired) electrons. The topological polar surface area (TPSA) is 126 Å². The lowest BCUT2D eigenvalue weighted by molar-refractivity contribution is 0.144. The minimum atomic E-state index is -1.01. The highest BCUT2D eigenvalue weighted by Crippen LogP contribution is 2.37. The third kappa shape index (κ3) is 6.60. The molecule has 38 heavy (non-hydrogen) atoms. The number of aliphatic hydroxyl groups excluding tert-OH is 1. The standard InChI is InChI=1S/C25H26N4O.C4H9NO3/c26-24-23-22(28-25(29(23)15-14-27-24)19-10-5-2-6-11-19)20-12-7-13-21(16-20)30-17-18-8-3-1-4-9-18;1-5(2-3-6)4(7)8/h1,3-4,7-9,12-16,19H,2,5-6,10-11,17H2,(H2,26,27);6H,2-3H2,1H3,(H,7,8). The molecular formula is C29H35N5O4. The fraction of sp³-hybridized carbons (Fsp3) is 0.345. The Morgan fingerprint density at radius 2 is 1.89 bits per heavy atom. The van der Waals surface area contributed by atoms with Crippen molar-refractivity contribution in [1.82, 2.24) is 19.3 Å². The molecule has 2 aromatic carbocycles. The van der Waals surface area contributed by atoms with E-state index in [0.717, 1.165) is 38.8 Å². The van der Waals surface area contributed by atoms with Gasteiger partial charge >= 0.3 is 6.09 Å². The zero-order valence-corrected chi connectivity index (χ0v) is 21.7. The molecule has 1 saturated carbocycles. The third-order valence-electron chi connectivity index (χ3n) is 6.70. The highest BCUT2D eigenvalue weighted by molar-refractivity contribution is 5.85. The molecule has 1 fully saturated rings. The van der Waals surface area contributed by atoms with Gasteiger partial charge < -0.3 is 25.6 Å². The number of benzene rings is 2. The summed E-state index contributed by atoms with van der Waals surface area (Å²) in [5, 5.41) is 16.3. The predicted octanol–water partition coefficient (Wildman–Crippen LogP) is 5.19. The first-order valence-electron chi connectivity index (χ1n) is 12.9. The van der Waals surface area contributed by atoms with Crippen LogP contribution in [-0.2, 0) is 6.61 Å². The zero-order valence-electron chi connectivity index (χ0n) is 21.7. The van der Waals surface area contributed by atoms with E-state index in [9.17, 15) is 4.79 Å². The molecule has 4 aromatic rings. The summed E-state index contributed by atoms with van der Waals surface area (Å²) < 4.78 is 8.18. The molecule has 5 rings (SSSR count). The van der Waals surface area contributed by atoms with E-state index in [2.05, 4.69) is 27.6 Å². The number of fused-ring (bicyclic) bond motifs is 1. The molecule has 2 heterocycles. The number of ether oxygens (including phenoxy) is 1. The number of nitrogen functional groups attached to an aromatic ring is 1. The summed E-state index contributed by atoms with van der Waals surface area (Å²) in [6.45, 7) is 0.587. The average molecular weight is 518 g/mol. The summed E-state index contributed by atoms with van der Waals surface area (Å²) in [6.07, 6.45) is 8.94. The average Bonchev–Trinajstić information content (AvgIpc) is 3.35. The summed E-state index contributed by atoms with van der Waals surface area (Å²) in [5.41, 5.74) is 10.2. The van der Waals surface area contributed by atoms with Crippen molar-refractivity contribution in [2.45, 2.75) is 44.6 Å². The van der Waals surface area contributed by atoms with Gasteiger partial charge in [0.05, 0.1) is 6.61 Å². The van der Waals surface area contributed by atoms with Crippen molar-refractivity contribution in [3.8, 4) is 17.0 Å². The second-order valence-electron chi connectivity index (χ2n) is 9.41. The Balaban J connectivity index is 0.000000368. The van der Waals surface area contributed by atoms with Crippen molar-refractivity contribution < 1.29 is 19.7 Å². The Morgan fingerprint density at radius 1 is 1.13 bits per heavy atom. The van der Waals surface area contributed by atoms with Crippen LogP contribution in [0.1, 0.15) is 49.4 Å². The number of nitrogens with zero attached hydrogens (tertiary/aromatic N) is 4. The second-order valence-corrected chi connectivity index (χ2v) is 9.41. The molecule has 0 atom stereocenters. The fourth-order valence-electron chi connectivity index (χ4n) is 4.66. The first-order chi connectivity index (χ1) is 18.5. The van der Waals surface area contributed by atoms with Gasteiger partial charge in [-0.05, 0) is 30.5 Å². The fourth-order valence-corrected chi connectivity index (χ4v) is 4.66. The first-order valence-corrected chi connectivity index (χ1v) is 12.9. The van der Waals surface area contributed by atoms with Crippen LogP contribution >= 0.6 is 0 Å². The quantitative estimate of drug-likeness (QED) is 0.308. The van der Waals surface area contributed by atoms with Gasteiger partial charge in [0.1, 0.15) is 35.2 Å². The minimum Gasteiger partial charge on any atom is -0.489 e. The Kier molecular flexibility index (Phi) is 9.16. The van der Waals surface area contributed by atoms with Crippen LogP contribution in [0.4, 0.5) is 10.6 Å². The third-order valence-corrected chi connectivity index (χ3v) is 6.70. The van der Waals surface area contributed by atoms with E-state index < -0.39 is 6.09 Å². The summed E-state index contributed by atoms with van der Waals surface area (Å²) in [5.74, 6) is 2.90. The lowest BCUT2D eigenvalue weighted by atomic mass is 9.89. The predicted molar refractivity (Wildman–Crippen MR) is 147 cm³/mol. The number of rotatable bonds is 7. The van der Waals surface area contributed by atoms with Crippen LogP contribution in [0.3, 0.4) is 0 Å². The number of carbonyl (C=O) groups is 1. The summed E-state index contributed by atoms with van der Waals surface area (Å²) in [7, 11) is 1.40. The van der Waals surface area contributed by atoms with Crippen LogP contribution in [0, 0.1) is 0 Å². The zero-order chi connectivity index (χ0) is 26.9. The van der Waals surface area contributed by atoms with Gasteiger partial charge in [-0.15, -0.1) is 0 Å². The van der Waals surface area contributed by atoms with Crippen molar-refractivity contribution in [3.63, 3.8) is 0 Å². The molecule has 0 unspecified atom stereocenters. The van der Waals surface area contributed by atoms with Crippen molar-refractivity contribution >= 4 is 17.4 Å².